The first-order chi connectivity index (χ1) is 14.6. The molecule has 3 aliphatic rings. The molecule has 1 spiro atoms. The van der Waals surface area contributed by atoms with Gasteiger partial charge in [-0.2, -0.15) is 0 Å². The van der Waals surface area contributed by atoms with Crippen molar-refractivity contribution in [1.82, 2.24) is 9.80 Å². The highest BCUT2D eigenvalue weighted by Gasteiger charge is 2.80. The molecule has 174 valence electrons. The second kappa shape index (κ2) is 8.54. The molecule has 31 heavy (non-hydrogen) atoms. The van der Waals surface area contributed by atoms with Crippen molar-refractivity contribution in [2.45, 2.75) is 76.7 Å². The fourth-order valence-electron chi connectivity index (χ4n) is 6.11. The molecule has 2 bridgehead atoms. The summed E-state index contributed by atoms with van der Waals surface area (Å²) in [6.45, 7) is 11.9. The van der Waals surface area contributed by atoms with Crippen LogP contribution < -0.4 is 0 Å². The van der Waals surface area contributed by atoms with E-state index in [4.69, 9.17) is 4.74 Å². The van der Waals surface area contributed by atoms with E-state index in [-0.39, 0.29) is 18.4 Å². The third-order valence-electron chi connectivity index (χ3n) is 7.77. The topological polar surface area (TPSA) is 107 Å². The van der Waals surface area contributed by atoms with Crippen LogP contribution in [0.2, 0.25) is 0 Å². The normalized spacial score (nSPS) is 37.1. The Bertz CT molecular complexity index is 752. The van der Waals surface area contributed by atoms with E-state index in [1.807, 2.05) is 20.8 Å². The number of unbranched alkanes of at least 4 members (excludes halogenated alkanes) is 1. The van der Waals surface area contributed by atoms with Gasteiger partial charge >= 0.3 is 5.97 Å². The van der Waals surface area contributed by atoms with E-state index in [2.05, 4.69) is 6.58 Å². The lowest BCUT2D eigenvalue weighted by atomic mass is 9.62. The molecule has 7 atom stereocenters. The van der Waals surface area contributed by atoms with Gasteiger partial charge in [-0.1, -0.05) is 33.3 Å². The Morgan fingerprint density at radius 3 is 2.61 bits per heavy atom. The van der Waals surface area contributed by atoms with Gasteiger partial charge in [-0.25, -0.2) is 0 Å². The van der Waals surface area contributed by atoms with Crippen molar-refractivity contribution in [3.63, 3.8) is 0 Å². The molecule has 0 aromatic heterocycles. The summed E-state index contributed by atoms with van der Waals surface area (Å²) in [7, 11) is 0. The van der Waals surface area contributed by atoms with E-state index in [9.17, 15) is 24.6 Å². The predicted octanol–water partition coefficient (Wildman–Crippen LogP) is 1.67. The zero-order chi connectivity index (χ0) is 23.1. The molecule has 0 aromatic carbocycles. The van der Waals surface area contributed by atoms with Crippen molar-refractivity contribution >= 4 is 17.8 Å². The summed E-state index contributed by atoms with van der Waals surface area (Å²) in [6, 6.07) is -1.52. The van der Waals surface area contributed by atoms with Crippen LogP contribution in [0.15, 0.2) is 12.7 Å². The van der Waals surface area contributed by atoms with Crippen molar-refractivity contribution in [3.8, 4) is 0 Å². The van der Waals surface area contributed by atoms with Gasteiger partial charge in [-0.15, -0.1) is 6.58 Å². The number of carbonyl (C=O) groups is 3. The van der Waals surface area contributed by atoms with E-state index >= 15 is 0 Å². The van der Waals surface area contributed by atoms with Crippen molar-refractivity contribution < 1.29 is 29.3 Å². The summed E-state index contributed by atoms with van der Waals surface area (Å²) in [6.07, 6.45) is 4.26. The molecule has 0 saturated carbocycles. The molecule has 2 amide bonds. The minimum Gasteiger partial charge on any atom is -0.481 e. The number of aliphatic hydroxyl groups is 1. The van der Waals surface area contributed by atoms with Gasteiger partial charge in [0.05, 0.1) is 24.2 Å². The second-order valence-corrected chi connectivity index (χ2v) is 9.46. The van der Waals surface area contributed by atoms with E-state index in [1.54, 1.807) is 17.9 Å². The molecule has 0 aromatic rings. The lowest BCUT2D eigenvalue weighted by Crippen LogP contribution is -2.59. The Morgan fingerprint density at radius 1 is 1.42 bits per heavy atom. The van der Waals surface area contributed by atoms with Crippen LogP contribution in [-0.2, 0) is 19.1 Å². The lowest BCUT2D eigenvalue weighted by Gasteiger charge is -2.39. The van der Waals surface area contributed by atoms with Crippen LogP contribution in [0.5, 0.6) is 0 Å². The molecule has 3 aliphatic heterocycles. The number of carbonyl (C=O) groups excluding carboxylic acids is 2. The Balaban J connectivity index is 2.13. The zero-order valence-electron chi connectivity index (χ0n) is 19.0. The molecule has 3 heterocycles. The Morgan fingerprint density at radius 2 is 2.10 bits per heavy atom. The molecule has 0 radical (unpaired) electrons. The molecule has 3 unspecified atom stereocenters. The van der Waals surface area contributed by atoms with Gasteiger partial charge in [-0.3, -0.25) is 14.4 Å². The Hall–Kier alpha value is -1.93. The van der Waals surface area contributed by atoms with Crippen molar-refractivity contribution in [3.05, 3.63) is 12.7 Å². The molecule has 2 N–H and O–H groups in total. The number of hydrogen-bond acceptors (Lipinski definition) is 5. The van der Waals surface area contributed by atoms with Gasteiger partial charge < -0.3 is 24.7 Å². The summed E-state index contributed by atoms with van der Waals surface area (Å²) in [5.74, 6) is -3.80. The number of aliphatic carboxylic acids is 1. The van der Waals surface area contributed by atoms with Crippen LogP contribution >= 0.6 is 0 Å². The highest BCUT2D eigenvalue weighted by molar-refractivity contribution is 5.98. The van der Waals surface area contributed by atoms with Gasteiger partial charge in [0.1, 0.15) is 17.6 Å². The monoisotopic (exact) mass is 436 g/mol. The smallest absolute Gasteiger partial charge is 0.310 e. The third kappa shape index (κ3) is 3.30. The maximum Gasteiger partial charge on any atom is 0.310 e. The highest BCUT2D eigenvalue weighted by atomic mass is 16.5. The Kier molecular flexibility index (Phi) is 6.54. The van der Waals surface area contributed by atoms with E-state index < -0.39 is 47.0 Å². The fourth-order valence-corrected chi connectivity index (χ4v) is 6.11. The van der Waals surface area contributed by atoms with Crippen LogP contribution in [0.3, 0.4) is 0 Å². The zero-order valence-corrected chi connectivity index (χ0v) is 19.0. The van der Waals surface area contributed by atoms with E-state index in [0.717, 1.165) is 12.8 Å². The maximum absolute atomic E-state index is 13.9. The van der Waals surface area contributed by atoms with Gasteiger partial charge in [0.2, 0.25) is 11.8 Å². The second-order valence-electron chi connectivity index (χ2n) is 9.46. The summed E-state index contributed by atoms with van der Waals surface area (Å²) in [5.41, 5.74) is -2.20. The number of carboxylic acid groups (broad SMARTS) is 1. The number of aliphatic hydroxyl groups excluding tert-OH is 1. The standard InChI is InChI=1S/C23H36N2O6/c1-6-9-11-24(10-7-2)20(28)18-23-12-14(4)22(5,31-23)17(21(29)30)16(23)19(27)25(18)15(8-3)13-26/h7,14-18,26H,2,6,8-13H2,1,3-5H3,(H,29,30)/t14?,15-,16-,17+,18?,22-,23?/m0/s1. The highest BCUT2D eigenvalue weighted by Crippen LogP contribution is 2.65. The van der Waals surface area contributed by atoms with Crippen LogP contribution in [-0.4, -0.2) is 80.8 Å². The third-order valence-corrected chi connectivity index (χ3v) is 7.77. The summed E-state index contributed by atoms with van der Waals surface area (Å²) in [4.78, 5) is 43.0. The number of amides is 2. The first-order valence-corrected chi connectivity index (χ1v) is 11.4. The minimum atomic E-state index is -1.19. The number of carboxylic acids is 1. The first kappa shape index (κ1) is 23.7. The van der Waals surface area contributed by atoms with Gasteiger partial charge in [0, 0.05) is 13.1 Å². The van der Waals surface area contributed by atoms with Crippen LogP contribution in [0, 0.1) is 17.8 Å². The number of nitrogens with zero attached hydrogens (tertiary/aromatic N) is 2. The van der Waals surface area contributed by atoms with E-state index in [1.165, 1.54) is 4.90 Å². The molecule has 0 aliphatic carbocycles. The Labute approximate surface area is 184 Å². The SMILES string of the molecule is C=CCN(CCCC)C(=O)C1N([C@@H](CC)CO)C(=O)[C@@H]2[C@H](C(=O)O)[C@@]3(C)OC12CC3C. The number of likely N-dealkylation sites (tertiary alicyclic amines) is 1. The van der Waals surface area contributed by atoms with Gasteiger partial charge in [0.25, 0.3) is 0 Å². The minimum absolute atomic E-state index is 0.120. The van der Waals surface area contributed by atoms with Crippen molar-refractivity contribution in [2.75, 3.05) is 19.7 Å². The largest absolute Gasteiger partial charge is 0.481 e. The number of rotatable bonds is 10. The fraction of sp³-hybridized carbons (Fsp3) is 0.783. The number of fused-ring (bicyclic) bond motifs is 1. The molecule has 8 nitrogen and oxygen atoms in total. The molecule has 3 fully saturated rings. The molecular weight excluding hydrogens is 400 g/mol. The predicted molar refractivity (Wildman–Crippen MR) is 114 cm³/mol. The average molecular weight is 437 g/mol. The van der Waals surface area contributed by atoms with E-state index in [0.29, 0.717) is 25.9 Å². The van der Waals surface area contributed by atoms with Gasteiger partial charge in [0.15, 0.2) is 0 Å². The summed E-state index contributed by atoms with van der Waals surface area (Å²) >= 11 is 0. The maximum atomic E-state index is 13.9. The molecule has 3 saturated heterocycles. The number of ether oxygens (including phenoxy) is 1. The number of hydrogen-bond donors (Lipinski definition) is 2. The van der Waals surface area contributed by atoms with Crippen molar-refractivity contribution in [1.29, 1.82) is 0 Å². The summed E-state index contributed by atoms with van der Waals surface area (Å²) < 4.78 is 6.47. The van der Waals surface area contributed by atoms with Gasteiger partial charge in [-0.05, 0) is 32.1 Å². The summed E-state index contributed by atoms with van der Waals surface area (Å²) in [5, 5.41) is 20.0. The van der Waals surface area contributed by atoms with Crippen LogP contribution in [0.1, 0.15) is 53.4 Å². The molecular formula is C23H36N2O6. The first-order valence-electron chi connectivity index (χ1n) is 11.4. The lowest BCUT2D eigenvalue weighted by molar-refractivity contribution is -0.160. The average Bonchev–Trinajstić information content (AvgIpc) is 3.23. The van der Waals surface area contributed by atoms with Crippen molar-refractivity contribution in [2.24, 2.45) is 17.8 Å². The quantitative estimate of drug-likeness (QED) is 0.505. The molecule has 3 rings (SSSR count). The molecule has 8 heteroatoms. The van der Waals surface area contributed by atoms with Crippen LogP contribution in [0.25, 0.3) is 0 Å². The van der Waals surface area contributed by atoms with Crippen LogP contribution in [0.4, 0.5) is 0 Å².